The second-order valence-electron chi connectivity index (χ2n) is 4.34. The minimum absolute atomic E-state index is 0.0616. The van der Waals surface area contributed by atoms with Crippen LogP contribution in [0.3, 0.4) is 0 Å². The first-order chi connectivity index (χ1) is 7.09. The van der Waals surface area contributed by atoms with Crippen molar-refractivity contribution in [2.45, 2.75) is 32.0 Å². The summed E-state index contributed by atoms with van der Waals surface area (Å²) < 4.78 is 37.3. The van der Waals surface area contributed by atoms with Crippen LogP contribution in [0.25, 0.3) is 0 Å². The number of hydrogen-bond acceptors (Lipinski definition) is 2. The van der Waals surface area contributed by atoms with Gasteiger partial charge in [0.25, 0.3) is 0 Å². The molecule has 0 aromatic carbocycles. The van der Waals surface area contributed by atoms with Gasteiger partial charge in [0, 0.05) is 11.7 Å². The van der Waals surface area contributed by atoms with Gasteiger partial charge in [-0.1, -0.05) is 11.6 Å². The van der Waals surface area contributed by atoms with Crippen molar-refractivity contribution in [3.63, 3.8) is 0 Å². The molecule has 0 spiro atoms. The van der Waals surface area contributed by atoms with Crippen molar-refractivity contribution in [2.75, 3.05) is 0 Å². The molecular weight excluding hydrogens is 241 g/mol. The summed E-state index contributed by atoms with van der Waals surface area (Å²) in [5.74, 6) is 0. The molecule has 2 N–H and O–H groups in total. The van der Waals surface area contributed by atoms with E-state index in [1.165, 1.54) is 0 Å². The van der Waals surface area contributed by atoms with Crippen LogP contribution in [0.2, 0.25) is 5.15 Å². The molecule has 1 aromatic rings. The predicted molar refractivity (Wildman–Crippen MR) is 56.2 cm³/mol. The van der Waals surface area contributed by atoms with E-state index in [1.54, 1.807) is 13.8 Å². The highest BCUT2D eigenvalue weighted by molar-refractivity contribution is 6.30. The van der Waals surface area contributed by atoms with Crippen molar-refractivity contribution in [3.05, 3.63) is 28.5 Å². The van der Waals surface area contributed by atoms with Crippen LogP contribution in [0.15, 0.2) is 12.3 Å². The highest BCUT2D eigenvalue weighted by Crippen LogP contribution is 2.31. The summed E-state index contributed by atoms with van der Waals surface area (Å²) in [6, 6.07) is 0.990. The van der Waals surface area contributed by atoms with Gasteiger partial charge in [0.2, 0.25) is 0 Å². The zero-order valence-corrected chi connectivity index (χ0v) is 9.65. The zero-order chi connectivity index (χ0) is 12.6. The van der Waals surface area contributed by atoms with Crippen LogP contribution in [-0.2, 0) is 12.6 Å². The molecule has 0 unspecified atom stereocenters. The Kier molecular flexibility index (Phi) is 3.50. The summed E-state index contributed by atoms with van der Waals surface area (Å²) in [5, 5.41) is 0.0616. The topological polar surface area (TPSA) is 38.9 Å². The maximum atomic E-state index is 12.4. The van der Waals surface area contributed by atoms with Gasteiger partial charge in [-0.2, -0.15) is 13.2 Å². The van der Waals surface area contributed by atoms with E-state index in [4.69, 9.17) is 17.3 Å². The third kappa shape index (κ3) is 3.64. The molecule has 1 aromatic heterocycles. The number of nitrogens with zero attached hydrogens (tertiary/aromatic N) is 1. The van der Waals surface area contributed by atoms with E-state index < -0.39 is 17.3 Å². The molecule has 1 rings (SSSR count). The highest BCUT2D eigenvalue weighted by Gasteiger charge is 2.32. The number of pyridine rings is 1. The Morgan fingerprint density at radius 1 is 1.38 bits per heavy atom. The first-order valence-corrected chi connectivity index (χ1v) is 4.98. The first-order valence-electron chi connectivity index (χ1n) is 4.60. The van der Waals surface area contributed by atoms with Gasteiger partial charge in [-0.15, -0.1) is 0 Å². The van der Waals surface area contributed by atoms with Gasteiger partial charge in [-0.25, -0.2) is 4.98 Å². The molecule has 0 amide bonds. The number of hydrogen-bond donors (Lipinski definition) is 1. The van der Waals surface area contributed by atoms with Crippen LogP contribution in [-0.4, -0.2) is 10.5 Å². The standard InChI is InChI=1S/C10H12ClF3N2/c1-9(2,15)4-6-3-7(10(12,13)14)5-16-8(6)11/h3,5H,4,15H2,1-2H3. The molecule has 90 valence electrons. The Balaban J connectivity index is 3.10. The van der Waals surface area contributed by atoms with Gasteiger partial charge >= 0.3 is 6.18 Å². The second-order valence-corrected chi connectivity index (χ2v) is 4.70. The van der Waals surface area contributed by atoms with E-state index in [-0.39, 0.29) is 11.6 Å². The lowest BCUT2D eigenvalue weighted by molar-refractivity contribution is -0.137. The van der Waals surface area contributed by atoms with Crippen molar-refractivity contribution in [3.8, 4) is 0 Å². The molecule has 0 aliphatic carbocycles. The van der Waals surface area contributed by atoms with Crippen LogP contribution in [0.4, 0.5) is 13.2 Å². The first kappa shape index (κ1) is 13.3. The Morgan fingerprint density at radius 3 is 2.38 bits per heavy atom. The molecule has 0 saturated carbocycles. The lowest BCUT2D eigenvalue weighted by atomic mass is 9.96. The van der Waals surface area contributed by atoms with Crippen LogP contribution in [0.5, 0.6) is 0 Å². The molecule has 0 saturated heterocycles. The number of aromatic nitrogens is 1. The number of nitrogens with two attached hydrogens (primary N) is 1. The van der Waals surface area contributed by atoms with Crippen LogP contribution in [0, 0.1) is 0 Å². The summed E-state index contributed by atoms with van der Waals surface area (Å²) in [6.45, 7) is 3.42. The molecular formula is C10H12ClF3N2. The van der Waals surface area contributed by atoms with Crippen molar-refractivity contribution in [1.82, 2.24) is 4.98 Å². The van der Waals surface area contributed by atoms with Gasteiger partial charge in [-0.3, -0.25) is 0 Å². The summed E-state index contributed by atoms with van der Waals surface area (Å²) in [7, 11) is 0. The fraction of sp³-hybridized carbons (Fsp3) is 0.500. The fourth-order valence-electron chi connectivity index (χ4n) is 1.26. The second kappa shape index (κ2) is 4.22. The molecule has 1 heterocycles. The predicted octanol–water partition coefficient (Wildman–Crippen LogP) is 3.03. The Morgan fingerprint density at radius 2 is 1.94 bits per heavy atom. The molecule has 0 fully saturated rings. The van der Waals surface area contributed by atoms with E-state index in [1.807, 2.05) is 0 Å². The van der Waals surface area contributed by atoms with E-state index in [0.717, 1.165) is 12.3 Å². The maximum absolute atomic E-state index is 12.4. The zero-order valence-electron chi connectivity index (χ0n) is 8.90. The summed E-state index contributed by atoms with van der Waals surface area (Å²) in [4.78, 5) is 3.52. The van der Waals surface area contributed by atoms with Gasteiger partial charge in [0.1, 0.15) is 5.15 Å². The minimum atomic E-state index is -4.41. The molecule has 6 heteroatoms. The largest absolute Gasteiger partial charge is 0.417 e. The molecule has 0 bridgehead atoms. The Bertz CT molecular complexity index is 383. The summed E-state index contributed by atoms with van der Waals surface area (Å²) in [5.41, 5.74) is 4.60. The minimum Gasteiger partial charge on any atom is -0.325 e. The van der Waals surface area contributed by atoms with Gasteiger partial charge in [-0.05, 0) is 31.9 Å². The van der Waals surface area contributed by atoms with Crippen molar-refractivity contribution in [1.29, 1.82) is 0 Å². The van der Waals surface area contributed by atoms with Gasteiger partial charge in [0.15, 0.2) is 0 Å². The lowest BCUT2D eigenvalue weighted by Gasteiger charge is -2.19. The SMILES string of the molecule is CC(C)(N)Cc1cc(C(F)(F)F)cnc1Cl. The fourth-order valence-corrected chi connectivity index (χ4v) is 1.43. The monoisotopic (exact) mass is 252 g/mol. The number of alkyl halides is 3. The molecule has 0 aliphatic rings. The smallest absolute Gasteiger partial charge is 0.325 e. The van der Waals surface area contributed by atoms with Crippen LogP contribution >= 0.6 is 11.6 Å². The average Bonchev–Trinajstić information content (AvgIpc) is 2.04. The van der Waals surface area contributed by atoms with E-state index in [0.29, 0.717) is 5.56 Å². The average molecular weight is 253 g/mol. The summed E-state index contributed by atoms with van der Waals surface area (Å²) in [6.07, 6.45) is -3.46. The Hall–Kier alpha value is -0.810. The van der Waals surface area contributed by atoms with E-state index in [2.05, 4.69) is 4.98 Å². The van der Waals surface area contributed by atoms with E-state index >= 15 is 0 Å². The number of halogens is 4. The molecule has 2 nitrogen and oxygen atoms in total. The van der Waals surface area contributed by atoms with Crippen molar-refractivity contribution < 1.29 is 13.2 Å². The third-order valence-electron chi connectivity index (χ3n) is 1.89. The van der Waals surface area contributed by atoms with Crippen LogP contribution < -0.4 is 5.73 Å². The van der Waals surface area contributed by atoms with Crippen molar-refractivity contribution >= 4 is 11.6 Å². The third-order valence-corrected chi connectivity index (χ3v) is 2.23. The molecule has 0 radical (unpaired) electrons. The molecule has 0 aliphatic heterocycles. The maximum Gasteiger partial charge on any atom is 0.417 e. The van der Waals surface area contributed by atoms with Gasteiger partial charge < -0.3 is 5.73 Å². The molecule has 0 atom stereocenters. The quantitative estimate of drug-likeness (QED) is 0.822. The van der Waals surface area contributed by atoms with Crippen LogP contribution in [0.1, 0.15) is 25.0 Å². The lowest BCUT2D eigenvalue weighted by Crippen LogP contribution is -2.34. The summed E-state index contributed by atoms with van der Waals surface area (Å²) >= 11 is 5.72. The van der Waals surface area contributed by atoms with E-state index in [9.17, 15) is 13.2 Å². The highest BCUT2D eigenvalue weighted by atomic mass is 35.5. The van der Waals surface area contributed by atoms with Gasteiger partial charge in [0.05, 0.1) is 5.56 Å². The molecule has 16 heavy (non-hydrogen) atoms. The normalized spacial score (nSPS) is 12.9. The Labute approximate surface area is 96.6 Å². The van der Waals surface area contributed by atoms with Crippen molar-refractivity contribution in [2.24, 2.45) is 5.73 Å². The number of rotatable bonds is 2.